The van der Waals surface area contributed by atoms with Gasteiger partial charge in [-0.3, -0.25) is 0 Å². The summed E-state index contributed by atoms with van der Waals surface area (Å²) in [5.41, 5.74) is 1.30. The first-order valence-electron chi connectivity index (χ1n) is 7.03. The van der Waals surface area contributed by atoms with Gasteiger partial charge in [0.1, 0.15) is 5.82 Å². The minimum Gasteiger partial charge on any atom is -0.354 e. The van der Waals surface area contributed by atoms with E-state index >= 15 is 0 Å². The first-order chi connectivity index (χ1) is 8.58. The highest BCUT2D eigenvalue weighted by Crippen LogP contribution is 2.17. The van der Waals surface area contributed by atoms with Crippen LogP contribution in [0.5, 0.6) is 0 Å². The number of pyridine rings is 1. The summed E-state index contributed by atoms with van der Waals surface area (Å²) in [7, 11) is 0. The molecule has 3 nitrogen and oxygen atoms in total. The molecule has 1 rings (SSSR count). The molecule has 1 aromatic rings. The van der Waals surface area contributed by atoms with Crippen molar-refractivity contribution in [3.63, 3.8) is 0 Å². The molecule has 1 N–H and O–H groups in total. The van der Waals surface area contributed by atoms with Crippen LogP contribution in [-0.4, -0.2) is 23.6 Å². The van der Waals surface area contributed by atoms with Crippen LogP contribution in [0.1, 0.15) is 46.6 Å². The third-order valence-electron chi connectivity index (χ3n) is 3.28. The van der Waals surface area contributed by atoms with Crippen molar-refractivity contribution in [2.24, 2.45) is 0 Å². The van der Waals surface area contributed by atoms with Crippen molar-refractivity contribution < 1.29 is 0 Å². The lowest BCUT2D eigenvalue weighted by Crippen LogP contribution is -2.33. The van der Waals surface area contributed by atoms with Gasteiger partial charge in [0.05, 0.1) is 0 Å². The van der Waals surface area contributed by atoms with Gasteiger partial charge in [-0.05, 0) is 38.0 Å². The molecule has 0 aliphatic heterocycles. The summed E-state index contributed by atoms with van der Waals surface area (Å²) < 4.78 is 0. The lowest BCUT2D eigenvalue weighted by Gasteiger charge is -2.28. The van der Waals surface area contributed by atoms with Crippen LogP contribution in [0.15, 0.2) is 18.3 Å². The Morgan fingerprint density at radius 3 is 2.56 bits per heavy atom. The smallest absolute Gasteiger partial charge is 0.129 e. The van der Waals surface area contributed by atoms with Gasteiger partial charge in [0, 0.05) is 31.4 Å². The summed E-state index contributed by atoms with van der Waals surface area (Å²) in [6.07, 6.45) is 3.06. The highest BCUT2D eigenvalue weighted by Gasteiger charge is 2.12. The molecular formula is C15H27N3. The zero-order chi connectivity index (χ0) is 13.5. The predicted molar refractivity (Wildman–Crippen MR) is 79.0 cm³/mol. The third-order valence-corrected chi connectivity index (χ3v) is 3.28. The molecule has 0 saturated carbocycles. The Bertz CT molecular complexity index is 349. The van der Waals surface area contributed by atoms with Gasteiger partial charge in [0.2, 0.25) is 0 Å². The normalized spacial score (nSPS) is 12.8. The summed E-state index contributed by atoms with van der Waals surface area (Å²) in [6, 6.07) is 5.34. The summed E-state index contributed by atoms with van der Waals surface area (Å²) >= 11 is 0. The van der Waals surface area contributed by atoms with E-state index in [-0.39, 0.29) is 0 Å². The van der Waals surface area contributed by atoms with Crippen molar-refractivity contribution in [2.45, 2.75) is 59.7 Å². The molecule has 0 bridgehead atoms. The molecule has 0 aliphatic carbocycles. The van der Waals surface area contributed by atoms with Gasteiger partial charge in [-0.2, -0.15) is 0 Å². The van der Waals surface area contributed by atoms with Crippen LogP contribution in [0.2, 0.25) is 0 Å². The van der Waals surface area contributed by atoms with E-state index in [4.69, 9.17) is 0 Å². The average Bonchev–Trinajstić information content (AvgIpc) is 2.37. The Hall–Kier alpha value is -1.09. The van der Waals surface area contributed by atoms with Crippen LogP contribution in [0.25, 0.3) is 0 Å². The van der Waals surface area contributed by atoms with Crippen LogP contribution in [0.3, 0.4) is 0 Å². The van der Waals surface area contributed by atoms with E-state index in [2.05, 4.69) is 62.0 Å². The molecule has 1 aromatic heterocycles. The molecule has 0 saturated heterocycles. The van der Waals surface area contributed by atoms with Gasteiger partial charge in [-0.15, -0.1) is 0 Å². The van der Waals surface area contributed by atoms with E-state index in [0.717, 1.165) is 25.3 Å². The summed E-state index contributed by atoms with van der Waals surface area (Å²) in [4.78, 5) is 6.86. The van der Waals surface area contributed by atoms with Crippen molar-refractivity contribution in [1.29, 1.82) is 0 Å². The fraction of sp³-hybridized carbons (Fsp3) is 0.667. The molecule has 0 spiro atoms. The van der Waals surface area contributed by atoms with Gasteiger partial charge in [0.15, 0.2) is 0 Å². The third kappa shape index (κ3) is 4.30. The summed E-state index contributed by atoms with van der Waals surface area (Å²) in [6.45, 7) is 12.9. The number of aromatic nitrogens is 1. The summed E-state index contributed by atoms with van der Waals surface area (Å²) in [5.74, 6) is 1.09. The Labute approximate surface area is 112 Å². The van der Waals surface area contributed by atoms with Crippen LogP contribution in [0, 0.1) is 0 Å². The Kier molecular flexibility index (Phi) is 6.13. The van der Waals surface area contributed by atoms with Crippen molar-refractivity contribution in [1.82, 2.24) is 10.3 Å². The van der Waals surface area contributed by atoms with Crippen LogP contribution in [0.4, 0.5) is 5.82 Å². The molecule has 18 heavy (non-hydrogen) atoms. The molecule has 0 amide bonds. The first-order valence-corrected chi connectivity index (χ1v) is 7.03. The molecule has 0 aromatic carbocycles. The predicted octanol–water partition coefficient (Wildman–Crippen LogP) is 3.20. The number of nitrogens with one attached hydrogen (secondary N) is 1. The molecule has 3 heteroatoms. The van der Waals surface area contributed by atoms with Crippen molar-refractivity contribution in [3.05, 3.63) is 23.9 Å². The molecule has 1 atom stereocenters. The molecule has 1 unspecified atom stereocenters. The highest BCUT2D eigenvalue weighted by molar-refractivity contribution is 5.41. The van der Waals surface area contributed by atoms with Gasteiger partial charge in [0.25, 0.3) is 0 Å². The van der Waals surface area contributed by atoms with Gasteiger partial charge < -0.3 is 10.2 Å². The van der Waals surface area contributed by atoms with E-state index in [9.17, 15) is 0 Å². The second-order valence-electron chi connectivity index (χ2n) is 5.10. The molecule has 1 heterocycles. The standard InChI is InChI=1S/C15H27N3/c1-6-13(5)18(7-2)15-10-14(8-9-16-15)11-17-12(3)4/h8-10,12-13,17H,6-7,11H2,1-5H3. The molecule has 0 fully saturated rings. The Morgan fingerprint density at radius 2 is 2.00 bits per heavy atom. The molecular weight excluding hydrogens is 222 g/mol. The minimum absolute atomic E-state index is 0.512. The number of rotatable bonds is 7. The Balaban J connectivity index is 2.79. The molecule has 0 aliphatic rings. The van der Waals surface area contributed by atoms with E-state index in [1.165, 1.54) is 5.56 Å². The fourth-order valence-corrected chi connectivity index (χ4v) is 1.97. The topological polar surface area (TPSA) is 28.2 Å². The average molecular weight is 249 g/mol. The SMILES string of the molecule is CCC(C)N(CC)c1cc(CNC(C)C)ccn1. The van der Waals surface area contributed by atoms with Crippen LogP contribution in [-0.2, 0) is 6.54 Å². The maximum atomic E-state index is 4.50. The maximum Gasteiger partial charge on any atom is 0.129 e. The quantitative estimate of drug-likeness (QED) is 0.804. The fourth-order valence-electron chi connectivity index (χ4n) is 1.97. The van der Waals surface area contributed by atoms with E-state index in [0.29, 0.717) is 12.1 Å². The maximum absolute atomic E-state index is 4.50. The van der Waals surface area contributed by atoms with E-state index in [1.807, 2.05) is 6.20 Å². The van der Waals surface area contributed by atoms with Crippen LogP contribution < -0.4 is 10.2 Å². The largest absolute Gasteiger partial charge is 0.354 e. The zero-order valence-corrected chi connectivity index (χ0v) is 12.4. The van der Waals surface area contributed by atoms with Gasteiger partial charge in [-0.1, -0.05) is 20.8 Å². The van der Waals surface area contributed by atoms with Gasteiger partial charge in [-0.25, -0.2) is 4.98 Å². The van der Waals surface area contributed by atoms with Crippen molar-refractivity contribution in [3.8, 4) is 0 Å². The number of nitrogens with zero attached hydrogens (tertiary/aromatic N) is 2. The highest BCUT2D eigenvalue weighted by atomic mass is 15.2. The van der Waals surface area contributed by atoms with Crippen molar-refractivity contribution in [2.75, 3.05) is 11.4 Å². The minimum atomic E-state index is 0.512. The van der Waals surface area contributed by atoms with Crippen LogP contribution >= 0.6 is 0 Å². The molecule has 0 radical (unpaired) electrons. The second kappa shape index (κ2) is 7.37. The lowest BCUT2D eigenvalue weighted by atomic mass is 10.2. The van der Waals surface area contributed by atoms with Crippen molar-refractivity contribution >= 4 is 5.82 Å². The summed E-state index contributed by atoms with van der Waals surface area (Å²) in [5, 5.41) is 3.44. The number of hydrogen-bond donors (Lipinski definition) is 1. The Morgan fingerprint density at radius 1 is 1.28 bits per heavy atom. The van der Waals surface area contributed by atoms with E-state index in [1.54, 1.807) is 0 Å². The number of anilines is 1. The van der Waals surface area contributed by atoms with Gasteiger partial charge >= 0.3 is 0 Å². The van der Waals surface area contributed by atoms with E-state index < -0.39 is 0 Å². The molecule has 102 valence electrons. The number of hydrogen-bond acceptors (Lipinski definition) is 3. The second-order valence-corrected chi connectivity index (χ2v) is 5.10. The monoisotopic (exact) mass is 249 g/mol. The zero-order valence-electron chi connectivity index (χ0n) is 12.4. The lowest BCUT2D eigenvalue weighted by molar-refractivity contribution is 0.587. The first kappa shape index (κ1) is 15.0.